The second-order valence-electron chi connectivity index (χ2n) is 8.56. The van der Waals surface area contributed by atoms with Crippen molar-refractivity contribution >= 4 is 13.3 Å². The maximum atomic E-state index is 2.71. The molecule has 0 aliphatic heterocycles. The van der Waals surface area contributed by atoms with Crippen molar-refractivity contribution in [1.82, 2.24) is 0 Å². The zero-order valence-corrected chi connectivity index (χ0v) is 17.2. The quantitative estimate of drug-likeness (QED) is 0.559. The van der Waals surface area contributed by atoms with Gasteiger partial charge in [0.25, 0.3) is 0 Å². The van der Waals surface area contributed by atoms with Crippen LogP contribution in [0, 0.1) is 32.6 Å². The Kier molecular flexibility index (Phi) is 5.20. The van der Waals surface area contributed by atoms with Crippen molar-refractivity contribution in [2.24, 2.45) is 11.8 Å². The van der Waals surface area contributed by atoms with Crippen LogP contribution in [0.4, 0.5) is 0 Å². The van der Waals surface area contributed by atoms with Gasteiger partial charge in [0, 0.05) is 0 Å². The molecule has 2 aliphatic rings. The molecule has 1 heteroatoms. The number of allylic oxidation sites excluding steroid dienone is 4. The standard InChI is InChI=1S/C23H34Si/c1-6-7-12-24(5,23-18(3)13-17(2)14-19(23)4)22-15-20-10-8-9-11-21(20)16-22/h8-11,13-14,20-22H,6-7,12,15-16H2,1-5H3. The summed E-state index contributed by atoms with van der Waals surface area (Å²) in [5, 5.41) is 1.79. The lowest BCUT2D eigenvalue weighted by Gasteiger charge is -2.37. The number of hydrogen-bond donors (Lipinski definition) is 0. The van der Waals surface area contributed by atoms with Gasteiger partial charge in [0.1, 0.15) is 0 Å². The van der Waals surface area contributed by atoms with E-state index in [1.54, 1.807) is 16.3 Å². The number of benzene rings is 1. The van der Waals surface area contributed by atoms with Crippen molar-refractivity contribution in [1.29, 1.82) is 0 Å². The monoisotopic (exact) mass is 338 g/mol. The largest absolute Gasteiger partial charge is 0.0874 e. The number of fused-ring (bicyclic) bond motifs is 1. The number of aryl methyl sites for hydroxylation is 3. The van der Waals surface area contributed by atoms with E-state index in [2.05, 4.69) is 70.7 Å². The molecule has 2 aliphatic carbocycles. The van der Waals surface area contributed by atoms with E-state index in [0.717, 1.165) is 17.4 Å². The van der Waals surface area contributed by atoms with Gasteiger partial charge in [0.05, 0.1) is 8.07 Å². The van der Waals surface area contributed by atoms with Crippen molar-refractivity contribution in [2.45, 2.75) is 71.5 Å². The Labute approximate surface area is 150 Å². The predicted molar refractivity (Wildman–Crippen MR) is 110 cm³/mol. The third-order valence-corrected chi connectivity index (χ3v) is 12.3. The molecule has 3 atom stereocenters. The van der Waals surface area contributed by atoms with Crippen molar-refractivity contribution in [2.75, 3.05) is 0 Å². The van der Waals surface area contributed by atoms with E-state index in [0.29, 0.717) is 0 Å². The smallest absolute Gasteiger partial charge is 0.0808 e. The topological polar surface area (TPSA) is 0 Å². The van der Waals surface area contributed by atoms with Crippen LogP contribution >= 0.6 is 0 Å². The maximum Gasteiger partial charge on any atom is 0.0874 e. The molecule has 130 valence electrons. The molecule has 3 rings (SSSR count). The average Bonchev–Trinajstić information content (AvgIpc) is 2.96. The zero-order valence-electron chi connectivity index (χ0n) is 16.2. The Hall–Kier alpha value is -1.08. The van der Waals surface area contributed by atoms with Crippen LogP contribution in [-0.4, -0.2) is 8.07 Å². The molecule has 0 aromatic heterocycles. The lowest BCUT2D eigenvalue weighted by Crippen LogP contribution is -2.51. The molecule has 0 spiro atoms. The molecule has 0 amide bonds. The fourth-order valence-corrected chi connectivity index (χ4v) is 11.3. The Balaban J connectivity index is 1.99. The van der Waals surface area contributed by atoms with E-state index in [4.69, 9.17) is 0 Å². The highest BCUT2D eigenvalue weighted by atomic mass is 28.3. The number of hydrogen-bond acceptors (Lipinski definition) is 0. The van der Waals surface area contributed by atoms with Gasteiger partial charge in [0.2, 0.25) is 0 Å². The molecule has 0 saturated heterocycles. The van der Waals surface area contributed by atoms with Crippen molar-refractivity contribution in [3.05, 3.63) is 53.1 Å². The summed E-state index contributed by atoms with van der Waals surface area (Å²) in [5.41, 5.74) is 5.50. The van der Waals surface area contributed by atoms with E-state index < -0.39 is 8.07 Å². The maximum absolute atomic E-state index is 2.71. The van der Waals surface area contributed by atoms with E-state index >= 15 is 0 Å². The lowest BCUT2D eigenvalue weighted by atomic mass is 9.92. The summed E-state index contributed by atoms with van der Waals surface area (Å²) in [6.07, 6.45) is 15.1. The fourth-order valence-electron chi connectivity index (χ4n) is 5.64. The molecule has 1 aromatic rings. The van der Waals surface area contributed by atoms with Gasteiger partial charge in [-0.1, -0.05) is 90.7 Å². The highest BCUT2D eigenvalue weighted by molar-refractivity contribution is 6.92. The first-order valence-corrected chi connectivity index (χ1v) is 12.7. The van der Waals surface area contributed by atoms with Crippen LogP contribution in [0.5, 0.6) is 0 Å². The molecule has 24 heavy (non-hydrogen) atoms. The Bertz CT molecular complexity index is 611. The summed E-state index contributed by atoms with van der Waals surface area (Å²) in [5.74, 6) is 1.61. The second-order valence-corrected chi connectivity index (χ2v) is 13.2. The Morgan fingerprint density at radius 2 is 1.50 bits per heavy atom. The molecule has 3 unspecified atom stereocenters. The molecular formula is C23H34Si. The van der Waals surface area contributed by atoms with Crippen molar-refractivity contribution in [3.63, 3.8) is 0 Å². The minimum absolute atomic E-state index is 0.805. The van der Waals surface area contributed by atoms with Gasteiger partial charge >= 0.3 is 0 Å². The number of unbranched alkanes of at least 4 members (excludes halogenated alkanes) is 1. The molecule has 0 N–H and O–H groups in total. The van der Waals surface area contributed by atoms with E-state index in [-0.39, 0.29) is 0 Å². The summed E-state index contributed by atoms with van der Waals surface area (Å²) in [6.45, 7) is 12.0. The molecule has 1 aromatic carbocycles. The van der Waals surface area contributed by atoms with E-state index in [1.165, 1.54) is 37.3 Å². The van der Waals surface area contributed by atoms with Crippen LogP contribution in [0.25, 0.3) is 0 Å². The molecule has 0 bridgehead atoms. The zero-order chi connectivity index (χ0) is 17.3. The first-order valence-electron chi connectivity index (χ1n) is 9.89. The molecule has 1 fully saturated rings. The van der Waals surface area contributed by atoms with Gasteiger partial charge in [-0.2, -0.15) is 0 Å². The molecule has 0 nitrogen and oxygen atoms in total. The van der Waals surface area contributed by atoms with Crippen molar-refractivity contribution < 1.29 is 0 Å². The van der Waals surface area contributed by atoms with Gasteiger partial charge in [0.15, 0.2) is 0 Å². The summed E-state index contributed by atoms with van der Waals surface area (Å²) in [4.78, 5) is 0. The minimum Gasteiger partial charge on any atom is -0.0808 e. The van der Waals surface area contributed by atoms with E-state index in [1.807, 2.05) is 0 Å². The Morgan fingerprint density at radius 3 is 2.00 bits per heavy atom. The third kappa shape index (κ3) is 3.20. The highest BCUT2D eigenvalue weighted by Crippen LogP contribution is 2.49. The van der Waals surface area contributed by atoms with Crippen LogP contribution in [0.1, 0.15) is 49.3 Å². The highest BCUT2D eigenvalue weighted by Gasteiger charge is 2.45. The molecule has 0 heterocycles. The SMILES string of the molecule is CCCC[Si](C)(c1c(C)cc(C)cc1C)C1CC2C=CC=CC2C1. The average molecular weight is 339 g/mol. The van der Waals surface area contributed by atoms with Crippen LogP contribution in [0.15, 0.2) is 36.4 Å². The summed E-state index contributed by atoms with van der Waals surface area (Å²) in [6, 6.07) is 6.33. The molecule has 0 radical (unpaired) electrons. The first kappa shape index (κ1) is 17.7. The van der Waals surface area contributed by atoms with Gasteiger partial charge in [-0.05, 0) is 51.0 Å². The van der Waals surface area contributed by atoms with Gasteiger partial charge in [-0.25, -0.2) is 0 Å². The molecule has 1 saturated carbocycles. The van der Waals surface area contributed by atoms with Crippen molar-refractivity contribution in [3.8, 4) is 0 Å². The van der Waals surface area contributed by atoms with Gasteiger partial charge < -0.3 is 0 Å². The molecular weight excluding hydrogens is 304 g/mol. The second kappa shape index (κ2) is 7.04. The van der Waals surface area contributed by atoms with Gasteiger partial charge in [-0.15, -0.1) is 0 Å². The summed E-state index contributed by atoms with van der Waals surface area (Å²) < 4.78 is 0. The van der Waals surface area contributed by atoms with Crippen LogP contribution < -0.4 is 5.19 Å². The minimum atomic E-state index is -1.48. The third-order valence-electron chi connectivity index (χ3n) is 6.69. The fraction of sp³-hybridized carbons (Fsp3) is 0.565. The predicted octanol–water partition coefficient (Wildman–Crippen LogP) is 6.22. The van der Waals surface area contributed by atoms with Crippen LogP contribution in [0.3, 0.4) is 0 Å². The van der Waals surface area contributed by atoms with Crippen LogP contribution in [-0.2, 0) is 0 Å². The number of rotatable bonds is 5. The normalized spacial score (nSPS) is 28.0. The van der Waals surface area contributed by atoms with Crippen LogP contribution in [0.2, 0.25) is 18.1 Å². The van der Waals surface area contributed by atoms with E-state index in [9.17, 15) is 0 Å². The summed E-state index contributed by atoms with van der Waals surface area (Å²) >= 11 is 0. The first-order chi connectivity index (χ1) is 11.5. The summed E-state index contributed by atoms with van der Waals surface area (Å²) in [7, 11) is -1.48. The Morgan fingerprint density at radius 1 is 0.958 bits per heavy atom. The lowest BCUT2D eigenvalue weighted by molar-refractivity contribution is 0.552. The van der Waals surface area contributed by atoms with Gasteiger partial charge in [-0.3, -0.25) is 0 Å².